The van der Waals surface area contributed by atoms with Crippen molar-refractivity contribution >= 4 is 15.6 Å². The second-order valence-electron chi connectivity index (χ2n) is 5.20. The summed E-state index contributed by atoms with van der Waals surface area (Å²) in [6.45, 7) is 2.80. The third-order valence-electron chi connectivity index (χ3n) is 3.69. The Bertz CT molecular complexity index is 772. The molecule has 0 aromatic carbocycles. The van der Waals surface area contributed by atoms with Crippen molar-refractivity contribution in [2.24, 2.45) is 7.05 Å². The molecule has 6 nitrogen and oxygen atoms in total. The van der Waals surface area contributed by atoms with E-state index in [1.165, 1.54) is 16.8 Å². The van der Waals surface area contributed by atoms with Crippen LogP contribution >= 0.6 is 0 Å². The van der Waals surface area contributed by atoms with Crippen molar-refractivity contribution in [2.75, 3.05) is 13.1 Å². The fraction of sp³-hybridized carbons (Fsp3) is 0.357. The van der Waals surface area contributed by atoms with Crippen molar-refractivity contribution in [2.45, 2.75) is 18.4 Å². The minimum absolute atomic E-state index is 0.0864. The summed E-state index contributed by atoms with van der Waals surface area (Å²) in [4.78, 5) is 3.96. The zero-order chi connectivity index (χ0) is 15.0. The van der Waals surface area contributed by atoms with Gasteiger partial charge in [-0.05, 0) is 25.5 Å². The Hall–Kier alpha value is -1.86. The molecule has 0 fully saturated rings. The van der Waals surface area contributed by atoms with Crippen LogP contribution in [-0.4, -0.2) is 35.4 Å². The third-order valence-corrected chi connectivity index (χ3v) is 5.42. The van der Waals surface area contributed by atoms with Crippen LogP contribution in [0.25, 0.3) is 5.57 Å². The standard InChI is InChI=1S/C14H17N3O3S/c1-11-5-6-17(8-12(11)13-4-3-7-20-13)21(18,19)14-9-16(2)10-15-14/h3-4,7,9-10H,5-6,8H2,1-2H3. The van der Waals surface area contributed by atoms with E-state index in [4.69, 9.17) is 4.42 Å². The highest BCUT2D eigenvalue weighted by Gasteiger charge is 2.31. The predicted octanol–water partition coefficient (Wildman–Crippen LogP) is 1.88. The summed E-state index contributed by atoms with van der Waals surface area (Å²) in [5.74, 6) is 0.730. The molecule has 112 valence electrons. The van der Waals surface area contributed by atoms with E-state index in [1.54, 1.807) is 17.9 Å². The Morgan fingerprint density at radius 2 is 2.19 bits per heavy atom. The highest BCUT2D eigenvalue weighted by molar-refractivity contribution is 7.89. The van der Waals surface area contributed by atoms with Crippen LogP contribution in [0, 0.1) is 0 Å². The Morgan fingerprint density at radius 3 is 2.81 bits per heavy atom. The van der Waals surface area contributed by atoms with Gasteiger partial charge in [-0.3, -0.25) is 0 Å². The summed E-state index contributed by atoms with van der Waals surface area (Å²) in [7, 11) is -1.81. The van der Waals surface area contributed by atoms with Crippen molar-refractivity contribution < 1.29 is 12.8 Å². The molecule has 21 heavy (non-hydrogen) atoms. The van der Waals surface area contributed by atoms with Gasteiger partial charge in [0.1, 0.15) is 5.76 Å². The van der Waals surface area contributed by atoms with Crippen LogP contribution < -0.4 is 0 Å². The monoisotopic (exact) mass is 307 g/mol. The third kappa shape index (κ3) is 2.54. The van der Waals surface area contributed by atoms with Crippen molar-refractivity contribution in [3.05, 3.63) is 42.3 Å². The lowest BCUT2D eigenvalue weighted by molar-refractivity contribution is 0.429. The zero-order valence-electron chi connectivity index (χ0n) is 12.0. The molecule has 3 heterocycles. The molecule has 1 aliphatic rings. The van der Waals surface area contributed by atoms with Crippen molar-refractivity contribution in [3.63, 3.8) is 0 Å². The smallest absolute Gasteiger partial charge is 0.262 e. The second kappa shape index (κ2) is 5.16. The van der Waals surface area contributed by atoms with E-state index in [-0.39, 0.29) is 5.03 Å². The van der Waals surface area contributed by atoms with E-state index in [9.17, 15) is 8.42 Å². The SMILES string of the molecule is CC1=C(c2ccco2)CN(S(=O)(=O)c2cn(C)cn2)CC1. The Balaban J connectivity index is 1.92. The molecular formula is C14H17N3O3S. The van der Waals surface area contributed by atoms with Gasteiger partial charge in [0.05, 0.1) is 12.6 Å². The van der Waals surface area contributed by atoms with Gasteiger partial charge in [-0.25, -0.2) is 13.4 Å². The van der Waals surface area contributed by atoms with E-state index in [1.807, 2.05) is 19.1 Å². The van der Waals surface area contributed by atoms with Crippen LogP contribution in [0.5, 0.6) is 0 Å². The molecule has 0 amide bonds. The first-order valence-corrected chi connectivity index (χ1v) is 8.13. The lowest BCUT2D eigenvalue weighted by atomic mass is 10.0. The maximum absolute atomic E-state index is 12.6. The first-order chi connectivity index (χ1) is 9.98. The van der Waals surface area contributed by atoms with Crippen molar-refractivity contribution in [1.82, 2.24) is 13.9 Å². The normalized spacial score (nSPS) is 17.4. The Labute approximate surface area is 123 Å². The molecule has 0 saturated heterocycles. The van der Waals surface area contributed by atoms with Crippen LogP contribution in [0.2, 0.25) is 0 Å². The summed E-state index contributed by atoms with van der Waals surface area (Å²) in [5, 5.41) is 0.0864. The molecule has 1 aliphatic heterocycles. The van der Waals surface area contributed by atoms with E-state index < -0.39 is 10.0 Å². The first kappa shape index (κ1) is 14.1. The lowest BCUT2D eigenvalue weighted by Crippen LogP contribution is -2.36. The summed E-state index contributed by atoms with van der Waals surface area (Å²) in [5.41, 5.74) is 2.10. The fourth-order valence-corrected chi connectivity index (χ4v) is 3.81. The van der Waals surface area contributed by atoms with E-state index in [2.05, 4.69) is 4.98 Å². The lowest BCUT2D eigenvalue weighted by Gasteiger charge is -2.27. The number of sulfonamides is 1. The van der Waals surface area contributed by atoms with Crippen LogP contribution in [0.3, 0.4) is 0 Å². The highest BCUT2D eigenvalue weighted by Crippen LogP contribution is 2.29. The average molecular weight is 307 g/mol. The molecule has 0 saturated carbocycles. The van der Waals surface area contributed by atoms with Gasteiger partial charge in [0.25, 0.3) is 10.0 Å². The average Bonchev–Trinajstić information content (AvgIpc) is 3.10. The summed E-state index contributed by atoms with van der Waals surface area (Å²) in [6, 6.07) is 3.66. The minimum Gasteiger partial charge on any atom is -0.465 e. The van der Waals surface area contributed by atoms with Crippen molar-refractivity contribution in [3.8, 4) is 0 Å². The van der Waals surface area contributed by atoms with Gasteiger partial charge in [0, 0.05) is 31.9 Å². The number of imidazole rings is 1. The number of furan rings is 1. The number of hydrogen-bond donors (Lipinski definition) is 0. The van der Waals surface area contributed by atoms with Gasteiger partial charge in [-0.15, -0.1) is 0 Å². The second-order valence-corrected chi connectivity index (χ2v) is 7.09. The van der Waals surface area contributed by atoms with Gasteiger partial charge >= 0.3 is 0 Å². The molecule has 0 spiro atoms. The summed E-state index contributed by atoms with van der Waals surface area (Å²) >= 11 is 0. The molecule has 3 rings (SSSR count). The van der Waals surface area contributed by atoms with Gasteiger partial charge in [-0.2, -0.15) is 4.31 Å². The van der Waals surface area contributed by atoms with Crippen molar-refractivity contribution in [1.29, 1.82) is 0 Å². The number of nitrogens with zero attached hydrogens (tertiary/aromatic N) is 3. The molecule has 0 radical (unpaired) electrons. The Morgan fingerprint density at radius 1 is 1.38 bits per heavy atom. The maximum atomic E-state index is 12.6. The van der Waals surface area contributed by atoms with E-state index in [0.717, 1.165) is 16.9 Å². The molecule has 0 aliphatic carbocycles. The molecule has 2 aromatic heterocycles. The molecule has 2 aromatic rings. The van der Waals surface area contributed by atoms with Crippen LogP contribution in [0.4, 0.5) is 0 Å². The van der Waals surface area contributed by atoms with Crippen LogP contribution in [-0.2, 0) is 17.1 Å². The molecule has 0 N–H and O–H groups in total. The minimum atomic E-state index is -3.56. The molecular weight excluding hydrogens is 290 g/mol. The van der Waals surface area contributed by atoms with Crippen LogP contribution in [0.1, 0.15) is 19.1 Å². The van der Waals surface area contributed by atoms with Gasteiger partial charge in [0.15, 0.2) is 5.03 Å². The number of hydrogen-bond acceptors (Lipinski definition) is 4. The summed E-state index contributed by atoms with van der Waals surface area (Å²) in [6.07, 6.45) is 5.31. The quantitative estimate of drug-likeness (QED) is 0.868. The van der Waals surface area contributed by atoms with E-state index in [0.29, 0.717) is 19.5 Å². The molecule has 0 atom stereocenters. The highest BCUT2D eigenvalue weighted by atomic mass is 32.2. The molecule has 7 heteroatoms. The van der Waals surface area contributed by atoms with Crippen LogP contribution in [0.15, 0.2) is 45.9 Å². The summed E-state index contributed by atoms with van der Waals surface area (Å²) < 4.78 is 33.7. The first-order valence-electron chi connectivity index (χ1n) is 6.69. The molecule has 0 unspecified atom stereocenters. The predicted molar refractivity (Wildman–Crippen MR) is 77.9 cm³/mol. The largest absolute Gasteiger partial charge is 0.465 e. The number of aryl methyl sites for hydroxylation is 1. The van der Waals surface area contributed by atoms with E-state index >= 15 is 0 Å². The van der Waals surface area contributed by atoms with Gasteiger partial charge in [0.2, 0.25) is 0 Å². The Kier molecular flexibility index (Phi) is 3.46. The molecule has 0 bridgehead atoms. The fourth-order valence-electron chi connectivity index (χ4n) is 2.43. The van der Waals surface area contributed by atoms with Gasteiger partial charge < -0.3 is 8.98 Å². The number of aromatic nitrogens is 2. The number of rotatable bonds is 3. The van der Waals surface area contributed by atoms with Gasteiger partial charge in [-0.1, -0.05) is 5.57 Å². The maximum Gasteiger partial charge on any atom is 0.262 e. The topological polar surface area (TPSA) is 68.3 Å². The zero-order valence-corrected chi connectivity index (χ0v) is 12.8.